The number of nitrogens with zero attached hydrogens (tertiary/aromatic N) is 1. The molecule has 0 spiro atoms. The van der Waals surface area contributed by atoms with Gasteiger partial charge in [-0.05, 0) is 17.7 Å². The van der Waals surface area contributed by atoms with Crippen molar-refractivity contribution >= 4 is 17.5 Å². The average Bonchev–Trinajstić information content (AvgIpc) is 2.52. The number of hydrogen-bond donors (Lipinski definition) is 1. The summed E-state index contributed by atoms with van der Waals surface area (Å²) in [6.07, 6.45) is 0. The summed E-state index contributed by atoms with van der Waals surface area (Å²) in [5.41, 5.74) is 1.35. The van der Waals surface area contributed by atoms with E-state index in [1.165, 1.54) is 6.07 Å². The summed E-state index contributed by atoms with van der Waals surface area (Å²) in [7, 11) is 0. The Labute approximate surface area is 127 Å². The minimum atomic E-state index is -0.261. The zero-order valence-corrected chi connectivity index (χ0v) is 11.9. The predicted octanol–water partition coefficient (Wildman–Crippen LogP) is 2.91. The van der Waals surface area contributed by atoms with Crippen LogP contribution in [0.3, 0.4) is 0 Å². The molecule has 0 radical (unpaired) electrons. The molecule has 2 aromatic carbocycles. The van der Waals surface area contributed by atoms with Gasteiger partial charge in [-0.1, -0.05) is 41.9 Å². The van der Waals surface area contributed by atoms with Crippen molar-refractivity contribution in [3.63, 3.8) is 0 Å². The number of nitrogens with one attached hydrogen (secondary N) is 1. The predicted molar refractivity (Wildman–Crippen MR) is 80.0 cm³/mol. The number of nitriles is 1. The normalized spacial score (nSPS) is 9.71. The Bertz CT molecular complexity index is 666. The highest BCUT2D eigenvalue weighted by Gasteiger charge is 2.07. The standard InChI is InChI=1S/C16H13ClN2O2/c17-14-7-6-13(9-18)15(8-14)21-11-16(20)19-10-12-4-2-1-3-5-12/h1-8H,10-11H2,(H,19,20). The van der Waals surface area contributed by atoms with Crippen LogP contribution in [0.5, 0.6) is 5.75 Å². The number of benzene rings is 2. The number of ether oxygens (including phenoxy) is 1. The molecule has 4 nitrogen and oxygen atoms in total. The summed E-state index contributed by atoms with van der Waals surface area (Å²) >= 11 is 5.84. The molecule has 5 heteroatoms. The van der Waals surface area contributed by atoms with Gasteiger partial charge in [-0.15, -0.1) is 0 Å². The molecule has 1 N–H and O–H groups in total. The van der Waals surface area contributed by atoms with Crippen LogP contribution in [0.1, 0.15) is 11.1 Å². The van der Waals surface area contributed by atoms with Crippen LogP contribution in [-0.4, -0.2) is 12.5 Å². The van der Waals surface area contributed by atoms with Crippen molar-refractivity contribution in [1.82, 2.24) is 5.32 Å². The fraction of sp³-hybridized carbons (Fsp3) is 0.125. The van der Waals surface area contributed by atoms with E-state index >= 15 is 0 Å². The lowest BCUT2D eigenvalue weighted by molar-refractivity contribution is -0.123. The largest absolute Gasteiger partial charge is 0.482 e. The molecule has 0 unspecified atom stereocenters. The maximum absolute atomic E-state index is 11.7. The van der Waals surface area contributed by atoms with Crippen molar-refractivity contribution < 1.29 is 9.53 Å². The summed E-state index contributed by atoms with van der Waals surface area (Å²) in [5.74, 6) is 0.0441. The number of halogens is 1. The molecule has 0 aliphatic rings. The van der Waals surface area contributed by atoms with Crippen molar-refractivity contribution in [2.75, 3.05) is 6.61 Å². The van der Waals surface area contributed by atoms with E-state index in [1.54, 1.807) is 12.1 Å². The minimum absolute atomic E-state index is 0.165. The van der Waals surface area contributed by atoms with Crippen LogP contribution in [0.15, 0.2) is 48.5 Å². The van der Waals surface area contributed by atoms with Crippen molar-refractivity contribution in [3.05, 3.63) is 64.7 Å². The highest BCUT2D eigenvalue weighted by Crippen LogP contribution is 2.22. The third kappa shape index (κ3) is 4.51. The Balaban J connectivity index is 1.87. The van der Waals surface area contributed by atoms with Crippen LogP contribution in [0.25, 0.3) is 0 Å². The Morgan fingerprint density at radius 3 is 2.71 bits per heavy atom. The molecule has 21 heavy (non-hydrogen) atoms. The van der Waals surface area contributed by atoms with E-state index in [0.717, 1.165) is 5.56 Å². The zero-order valence-electron chi connectivity index (χ0n) is 11.2. The van der Waals surface area contributed by atoms with Gasteiger partial charge in [0.1, 0.15) is 11.8 Å². The first kappa shape index (κ1) is 14.9. The van der Waals surface area contributed by atoms with Crippen molar-refractivity contribution in [2.24, 2.45) is 0 Å². The van der Waals surface area contributed by atoms with Gasteiger partial charge in [0.15, 0.2) is 6.61 Å². The van der Waals surface area contributed by atoms with E-state index in [4.69, 9.17) is 21.6 Å². The third-order valence-corrected chi connectivity index (χ3v) is 2.99. The maximum Gasteiger partial charge on any atom is 0.258 e. The molecule has 0 aliphatic heterocycles. The molecule has 2 aromatic rings. The second-order valence-corrected chi connectivity index (χ2v) is 4.74. The van der Waals surface area contributed by atoms with Crippen LogP contribution < -0.4 is 10.1 Å². The van der Waals surface area contributed by atoms with E-state index in [9.17, 15) is 4.79 Å². The summed E-state index contributed by atoms with van der Waals surface area (Å²) < 4.78 is 5.34. The van der Waals surface area contributed by atoms with Gasteiger partial charge in [-0.3, -0.25) is 4.79 Å². The monoisotopic (exact) mass is 300 g/mol. The quantitative estimate of drug-likeness (QED) is 0.923. The fourth-order valence-corrected chi connectivity index (χ4v) is 1.86. The maximum atomic E-state index is 11.7. The van der Waals surface area contributed by atoms with E-state index in [0.29, 0.717) is 22.9 Å². The molecule has 0 heterocycles. The molecule has 1 amide bonds. The first-order chi connectivity index (χ1) is 10.2. The van der Waals surface area contributed by atoms with Gasteiger partial charge < -0.3 is 10.1 Å². The molecular weight excluding hydrogens is 288 g/mol. The molecule has 0 saturated heterocycles. The van der Waals surface area contributed by atoms with Crippen molar-refractivity contribution in [1.29, 1.82) is 5.26 Å². The molecule has 0 aliphatic carbocycles. The lowest BCUT2D eigenvalue weighted by Crippen LogP contribution is -2.28. The topological polar surface area (TPSA) is 62.1 Å². The lowest BCUT2D eigenvalue weighted by atomic mass is 10.2. The lowest BCUT2D eigenvalue weighted by Gasteiger charge is -2.09. The molecular formula is C16H13ClN2O2. The van der Waals surface area contributed by atoms with Crippen molar-refractivity contribution in [3.8, 4) is 11.8 Å². The number of amides is 1. The van der Waals surface area contributed by atoms with Gasteiger partial charge in [0.25, 0.3) is 5.91 Å². The number of carbonyl (C=O) groups is 1. The molecule has 0 atom stereocenters. The Hall–Kier alpha value is -2.51. The second kappa shape index (κ2) is 7.32. The van der Waals surface area contributed by atoms with Gasteiger partial charge in [0.2, 0.25) is 0 Å². The van der Waals surface area contributed by atoms with Crippen molar-refractivity contribution in [2.45, 2.75) is 6.54 Å². The second-order valence-electron chi connectivity index (χ2n) is 4.30. The van der Waals surface area contributed by atoms with E-state index in [1.807, 2.05) is 36.4 Å². The van der Waals surface area contributed by atoms with Gasteiger partial charge in [0.05, 0.1) is 5.56 Å². The first-order valence-electron chi connectivity index (χ1n) is 6.32. The Kier molecular flexibility index (Phi) is 5.19. The Morgan fingerprint density at radius 2 is 2.00 bits per heavy atom. The number of carbonyl (C=O) groups excluding carboxylic acids is 1. The molecule has 0 bridgehead atoms. The average molecular weight is 301 g/mol. The van der Waals surface area contributed by atoms with E-state index in [2.05, 4.69) is 5.32 Å². The fourth-order valence-electron chi connectivity index (χ4n) is 1.70. The van der Waals surface area contributed by atoms with Crippen LogP contribution in [0, 0.1) is 11.3 Å². The summed E-state index contributed by atoms with van der Waals surface area (Å²) in [5, 5.41) is 12.1. The third-order valence-electron chi connectivity index (χ3n) is 2.76. The SMILES string of the molecule is N#Cc1ccc(Cl)cc1OCC(=O)NCc1ccccc1. The summed E-state index contributed by atoms with van der Waals surface area (Å²) in [6, 6.07) is 16.2. The van der Waals surface area contributed by atoms with E-state index < -0.39 is 0 Å². The first-order valence-corrected chi connectivity index (χ1v) is 6.70. The molecule has 2 rings (SSSR count). The van der Waals surface area contributed by atoms with Gasteiger partial charge in [-0.25, -0.2) is 0 Å². The van der Waals surface area contributed by atoms with Crippen LogP contribution in [0.2, 0.25) is 5.02 Å². The molecule has 0 fully saturated rings. The zero-order chi connectivity index (χ0) is 15.1. The minimum Gasteiger partial charge on any atom is -0.482 e. The molecule has 106 valence electrons. The molecule has 0 saturated carbocycles. The molecule has 0 aromatic heterocycles. The van der Waals surface area contributed by atoms with Crippen LogP contribution >= 0.6 is 11.6 Å². The van der Waals surface area contributed by atoms with Gasteiger partial charge in [0, 0.05) is 17.6 Å². The smallest absolute Gasteiger partial charge is 0.258 e. The number of rotatable bonds is 5. The van der Waals surface area contributed by atoms with E-state index in [-0.39, 0.29) is 12.5 Å². The number of hydrogen-bond acceptors (Lipinski definition) is 3. The Morgan fingerprint density at radius 1 is 1.24 bits per heavy atom. The van der Waals surface area contributed by atoms with Crippen LogP contribution in [-0.2, 0) is 11.3 Å². The highest BCUT2D eigenvalue weighted by atomic mass is 35.5. The van der Waals surface area contributed by atoms with Crippen LogP contribution in [0.4, 0.5) is 0 Å². The van der Waals surface area contributed by atoms with Gasteiger partial charge in [-0.2, -0.15) is 5.26 Å². The summed E-state index contributed by atoms with van der Waals surface area (Å²) in [4.78, 5) is 11.7. The summed E-state index contributed by atoms with van der Waals surface area (Å²) in [6.45, 7) is 0.269. The highest BCUT2D eigenvalue weighted by molar-refractivity contribution is 6.30. The van der Waals surface area contributed by atoms with Gasteiger partial charge >= 0.3 is 0 Å².